The first kappa shape index (κ1) is 25.1. The molecule has 0 aliphatic carbocycles. The Hall–Kier alpha value is -3.04. The lowest BCUT2D eigenvalue weighted by Crippen LogP contribution is -2.27. The van der Waals surface area contributed by atoms with Gasteiger partial charge in [-0.3, -0.25) is 14.5 Å². The van der Waals surface area contributed by atoms with Crippen LogP contribution in [-0.2, 0) is 9.59 Å². The van der Waals surface area contributed by atoms with E-state index in [0.29, 0.717) is 36.5 Å². The zero-order chi connectivity index (χ0) is 24.9. The Morgan fingerprint density at radius 3 is 2.57 bits per heavy atom. The second kappa shape index (κ2) is 11.1. The van der Waals surface area contributed by atoms with Crippen LogP contribution in [-0.4, -0.2) is 29.9 Å². The van der Waals surface area contributed by atoms with Crippen molar-refractivity contribution in [3.63, 3.8) is 0 Å². The maximum Gasteiger partial charge on any atom is 0.270 e. The number of halogens is 2. The van der Waals surface area contributed by atoms with E-state index >= 15 is 0 Å². The minimum Gasteiger partial charge on any atom is -0.493 e. The summed E-state index contributed by atoms with van der Waals surface area (Å²) in [7, 11) is 1.49. The summed E-state index contributed by atoms with van der Waals surface area (Å²) in [5.74, 6) is 0.196. The average Bonchev–Trinajstić information content (AvgIpc) is 3.12. The van der Waals surface area contributed by atoms with E-state index in [-0.39, 0.29) is 12.5 Å². The minimum absolute atomic E-state index is 0.192. The molecule has 0 aromatic heterocycles. The largest absolute Gasteiger partial charge is 0.493 e. The number of carbonyl (C=O) groups excluding carboxylic acids is 2. The van der Waals surface area contributed by atoms with Gasteiger partial charge >= 0.3 is 0 Å². The molecule has 0 bridgehead atoms. The van der Waals surface area contributed by atoms with Gasteiger partial charge in [0.1, 0.15) is 0 Å². The number of hydrogen-bond acceptors (Lipinski definition) is 6. The van der Waals surface area contributed by atoms with Crippen LogP contribution >= 0.6 is 47.2 Å². The van der Waals surface area contributed by atoms with E-state index in [1.165, 1.54) is 29.8 Å². The van der Waals surface area contributed by atoms with Crippen LogP contribution in [0.1, 0.15) is 5.56 Å². The first-order chi connectivity index (χ1) is 16.9. The van der Waals surface area contributed by atoms with E-state index in [0.717, 1.165) is 11.3 Å². The maximum atomic E-state index is 12.9. The molecule has 0 atom stereocenters. The van der Waals surface area contributed by atoms with Crippen molar-refractivity contribution in [3.8, 4) is 11.5 Å². The third kappa shape index (κ3) is 5.97. The molecule has 1 aliphatic rings. The van der Waals surface area contributed by atoms with Crippen LogP contribution < -0.4 is 19.7 Å². The molecular formula is C25H18Cl2N2O4S2. The van der Waals surface area contributed by atoms with Gasteiger partial charge in [-0.1, -0.05) is 71.4 Å². The molecular weight excluding hydrogens is 527 g/mol. The summed E-state index contributed by atoms with van der Waals surface area (Å²) in [6, 6.07) is 19.2. The zero-order valence-electron chi connectivity index (χ0n) is 18.3. The van der Waals surface area contributed by atoms with Gasteiger partial charge in [0.25, 0.3) is 11.8 Å². The molecule has 0 radical (unpaired) electrons. The lowest BCUT2D eigenvalue weighted by atomic mass is 10.2. The van der Waals surface area contributed by atoms with Crippen molar-refractivity contribution in [1.29, 1.82) is 0 Å². The van der Waals surface area contributed by atoms with E-state index in [2.05, 4.69) is 5.32 Å². The highest BCUT2D eigenvalue weighted by Crippen LogP contribution is 2.37. The van der Waals surface area contributed by atoms with Crippen LogP contribution in [0.4, 0.5) is 11.4 Å². The summed E-state index contributed by atoms with van der Waals surface area (Å²) in [6.07, 6.45) is 1.74. The lowest BCUT2D eigenvalue weighted by Gasteiger charge is -2.14. The molecule has 0 saturated carbocycles. The number of para-hydroxylation sites is 1. The summed E-state index contributed by atoms with van der Waals surface area (Å²) in [6.45, 7) is -0.260. The summed E-state index contributed by atoms with van der Waals surface area (Å²) in [5.41, 5.74) is 1.87. The predicted molar refractivity (Wildman–Crippen MR) is 146 cm³/mol. The first-order valence-corrected chi connectivity index (χ1v) is 12.2. The Kier molecular flexibility index (Phi) is 7.97. The van der Waals surface area contributed by atoms with Crippen molar-refractivity contribution in [2.24, 2.45) is 0 Å². The number of nitrogens with one attached hydrogen (secondary N) is 1. The second-order valence-corrected chi connectivity index (χ2v) is 9.74. The van der Waals surface area contributed by atoms with Crippen LogP contribution in [0.3, 0.4) is 0 Å². The zero-order valence-corrected chi connectivity index (χ0v) is 21.4. The molecule has 178 valence electrons. The molecule has 10 heteroatoms. The Labute approximate surface area is 221 Å². The quantitative estimate of drug-likeness (QED) is 0.273. The topological polar surface area (TPSA) is 67.9 Å². The number of anilines is 2. The number of thiocarbonyl (C=S) groups is 1. The van der Waals surface area contributed by atoms with E-state index in [9.17, 15) is 9.59 Å². The number of hydrogen-bond donors (Lipinski definition) is 1. The predicted octanol–water partition coefficient (Wildman–Crippen LogP) is 6.43. The maximum absolute atomic E-state index is 12.9. The molecule has 0 spiro atoms. The van der Waals surface area contributed by atoms with E-state index in [4.69, 9.17) is 44.9 Å². The van der Waals surface area contributed by atoms with Crippen molar-refractivity contribution < 1.29 is 19.1 Å². The van der Waals surface area contributed by atoms with Crippen molar-refractivity contribution in [2.45, 2.75) is 0 Å². The molecule has 3 aromatic rings. The molecule has 2 amide bonds. The second-order valence-electron chi connectivity index (χ2n) is 7.22. The van der Waals surface area contributed by atoms with Gasteiger partial charge < -0.3 is 14.8 Å². The molecule has 3 aromatic carbocycles. The molecule has 1 aliphatic heterocycles. The van der Waals surface area contributed by atoms with E-state index < -0.39 is 5.91 Å². The summed E-state index contributed by atoms with van der Waals surface area (Å²) >= 11 is 18.6. The van der Waals surface area contributed by atoms with Crippen LogP contribution in [0.2, 0.25) is 10.0 Å². The highest BCUT2D eigenvalue weighted by atomic mass is 35.5. The smallest absolute Gasteiger partial charge is 0.270 e. The van der Waals surface area contributed by atoms with E-state index in [1.807, 2.05) is 30.3 Å². The fourth-order valence-corrected chi connectivity index (χ4v) is 4.99. The van der Waals surface area contributed by atoms with Crippen LogP contribution in [0.5, 0.6) is 11.5 Å². The fraction of sp³-hybridized carbons (Fsp3) is 0.0800. The number of nitrogens with zero attached hydrogens (tertiary/aromatic N) is 1. The number of ether oxygens (including phenoxy) is 2. The van der Waals surface area contributed by atoms with Gasteiger partial charge in [0.05, 0.1) is 28.4 Å². The monoisotopic (exact) mass is 544 g/mol. The highest BCUT2D eigenvalue weighted by Gasteiger charge is 2.33. The minimum atomic E-state index is -0.398. The SMILES string of the molecule is COc1cc(/C=C2\SC(=S)N(c3ccccc3)C2=O)ccc1OCC(=O)Nc1ccc(Cl)cc1Cl. The molecule has 1 N–H and O–H groups in total. The fourth-order valence-electron chi connectivity index (χ4n) is 3.23. The number of rotatable bonds is 7. The summed E-state index contributed by atoms with van der Waals surface area (Å²) in [5, 5.41) is 3.46. The summed E-state index contributed by atoms with van der Waals surface area (Å²) in [4.78, 5) is 27.2. The van der Waals surface area contributed by atoms with Gasteiger partial charge in [-0.15, -0.1) is 0 Å². The molecule has 1 fully saturated rings. The van der Waals surface area contributed by atoms with Crippen LogP contribution in [0.25, 0.3) is 6.08 Å². The standard InChI is InChI=1S/C25H18Cl2N2O4S2/c1-32-21-11-15(12-22-24(31)29(25(34)35-22)17-5-3-2-4-6-17)7-10-20(21)33-14-23(30)28-19-9-8-16(26)13-18(19)27/h2-13H,14H2,1H3,(H,28,30)/b22-12-. The molecule has 1 heterocycles. The van der Waals surface area contributed by atoms with Gasteiger partial charge in [0, 0.05) is 5.02 Å². The van der Waals surface area contributed by atoms with Gasteiger partial charge in [-0.05, 0) is 54.1 Å². The van der Waals surface area contributed by atoms with Crippen LogP contribution in [0.15, 0.2) is 71.6 Å². The average molecular weight is 545 g/mol. The van der Waals surface area contributed by atoms with E-state index in [1.54, 1.807) is 36.4 Å². The van der Waals surface area contributed by atoms with Crippen molar-refractivity contribution in [1.82, 2.24) is 0 Å². The Morgan fingerprint density at radius 2 is 1.86 bits per heavy atom. The summed E-state index contributed by atoms with van der Waals surface area (Å²) < 4.78 is 11.5. The van der Waals surface area contributed by atoms with Gasteiger partial charge in [0.2, 0.25) is 0 Å². The highest BCUT2D eigenvalue weighted by molar-refractivity contribution is 8.27. The number of carbonyl (C=O) groups is 2. The lowest BCUT2D eigenvalue weighted by molar-refractivity contribution is -0.118. The Bertz CT molecular complexity index is 1330. The Morgan fingerprint density at radius 1 is 1.09 bits per heavy atom. The first-order valence-electron chi connectivity index (χ1n) is 10.2. The number of methoxy groups -OCH3 is 1. The number of thioether (sulfide) groups is 1. The van der Waals surface area contributed by atoms with Crippen molar-refractivity contribution in [3.05, 3.63) is 87.2 Å². The molecule has 4 rings (SSSR count). The molecule has 0 unspecified atom stereocenters. The number of benzene rings is 3. The molecule has 35 heavy (non-hydrogen) atoms. The van der Waals surface area contributed by atoms with Crippen molar-refractivity contribution in [2.75, 3.05) is 23.9 Å². The molecule has 6 nitrogen and oxygen atoms in total. The Balaban J connectivity index is 1.44. The van der Waals surface area contributed by atoms with Crippen molar-refractivity contribution >= 4 is 80.8 Å². The third-order valence-electron chi connectivity index (χ3n) is 4.86. The van der Waals surface area contributed by atoms with Gasteiger partial charge in [0.15, 0.2) is 22.4 Å². The molecule has 1 saturated heterocycles. The normalized spacial score (nSPS) is 14.4. The third-order valence-corrected chi connectivity index (χ3v) is 6.71. The van der Waals surface area contributed by atoms with Gasteiger partial charge in [-0.25, -0.2) is 0 Å². The van der Waals surface area contributed by atoms with Crippen LogP contribution in [0, 0.1) is 0 Å². The number of amides is 2. The van der Waals surface area contributed by atoms with Gasteiger partial charge in [-0.2, -0.15) is 0 Å².